The predicted molar refractivity (Wildman–Crippen MR) is 93.7 cm³/mol. The van der Waals surface area contributed by atoms with Crippen LogP contribution in [-0.4, -0.2) is 29.6 Å². The van der Waals surface area contributed by atoms with Crippen LogP contribution in [0.4, 0.5) is 0 Å². The Balaban J connectivity index is 1.90. The maximum atomic E-state index is 12.1. The van der Waals surface area contributed by atoms with E-state index in [1.807, 2.05) is 24.3 Å². The Kier molecular flexibility index (Phi) is 6.34. The number of carbonyl (C=O) groups is 2. The van der Waals surface area contributed by atoms with Gasteiger partial charge in [0.1, 0.15) is 6.04 Å². The summed E-state index contributed by atoms with van der Waals surface area (Å²) in [6.07, 6.45) is 0. The molecule has 5 nitrogen and oxygen atoms in total. The normalized spacial score (nSPS) is 11.7. The summed E-state index contributed by atoms with van der Waals surface area (Å²) in [5, 5.41) is 16.3. The van der Waals surface area contributed by atoms with Crippen LogP contribution in [0.5, 0.6) is 0 Å². The lowest BCUT2D eigenvalue weighted by molar-refractivity contribution is -0.124. The van der Waals surface area contributed by atoms with Gasteiger partial charge in [-0.2, -0.15) is 0 Å². The van der Waals surface area contributed by atoms with Gasteiger partial charge in [-0.3, -0.25) is 9.59 Å². The molecule has 0 spiro atoms. The second kappa shape index (κ2) is 8.25. The topological polar surface area (TPSA) is 78.4 Å². The molecule has 0 unspecified atom stereocenters. The van der Waals surface area contributed by atoms with E-state index < -0.39 is 18.6 Å². The highest BCUT2D eigenvalue weighted by Gasteiger charge is 2.20. The van der Waals surface area contributed by atoms with Gasteiger partial charge in [0.2, 0.25) is 5.91 Å². The molecule has 0 saturated carbocycles. The first-order valence-corrected chi connectivity index (χ1v) is 8.53. The average molecular weight is 430 g/mol. The van der Waals surface area contributed by atoms with Crippen LogP contribution in [0.15, 0.2) is 41.8 Å². The van der Waals surface area contributed by atoms with Crippen molar-refractivity contribution in [3.05, 3.63) is 55.8 Å². The Morgan fingerprint density at radius 3 is 2.73 bits per heavy atom. The molecular weight excluding hydrogens is 415 g/mol. The molecule has 7 heteroatoms. The Labute approximate surface area is 145 Å². The zero-order valence-corrected chi connectivity index (χ0v) is 14.6. The molecule has 0 aliphatic rings. The van der Waals surface area contributed by atoms with E-state index in [0.717, 1.165) is 9.13 Å². The highest BCUT2D eigenvalue weighted by Crippen LogP contribution is 2.09. The van der Waals surface area contributed by atoms with Crippen molar-refractivity contribution in [3.8, 4) is 0 Å². The number of hydrogen-bond donors (Lipinski definition) is 3. The van der Waals surface area contributed by atoms with Gasteiger partial charge in [-0.05, 0) is 51.7 Å². The summed E-state index contributed by atoms with van der Waals surface area (Å²) in [6, 6.07) is 10.2. The van der Waals surface area contributed by atoms with Crippen molar-refractivity contribution in [1.82, 2.24) is 10.6 Å². The highest BCUT2D eigenvalue weighted by atomic mass is 127. The summed E-state index contributed by atoms with van der Waals surface area (Å²) in [5.74, 6) is -0.773. The maximum Gasteiger partial charge on any atom is 0.262 e. The zero-order chi connectivity index (χ0) is 15.9. The number of benzene rings is 1. The third-order valence-corrected chi connectivity index (χ3v) is 4.44. The van der Waals surface area contributed by atoms with E-state index in [1.54, 1.807) is 17.5 Å². The van der Waals surface area contributed by atoms with Gasteiger partial charge in [-0.25, -0.2) is 0 Å². The second-order valence-corrected chi connectivity index (χ2v) is 6.73. The third-order valence-electron chi connectivity index (χ3n) is 2.91. The van der Waals surface area contributed by atoms with Crippen LogP contribution in [0, 0.1) is 3.57 Å². The second-order valence-electron chi connectivity index (χ2n) is 4.53. The number of rotatable bonds is 6. The minimum atomic E-state index is -0.961. The van der Waals surface area contributed by atoms with Crippen LogP contribution in [0.1, 0.15) is 15.2 Å². The molecule has 3 N–H and O–H groups in total. The number of amides is 2. The highest BCUT2D eigenvalue weighted by molar-refractivity contribution is 14.1. The van der Waals surface area contributed by atoms with Crippen LogP contribution >= 0.6 is 33.9 Å². The molecule has 116 valence electrons. The van der Waals surface area contributed by atoms with Gasteiger partial charge in [0.25, 0.3) is 5.91 Å². The van der Waals surface area contributed by atoms with Crippen molar-refractivity contribution in [2.24, 2.45) is 0 Å². The fourth-order valence-electron chi connectivity index (χ4n) is 1.79. The molecule has 0 aliphatic heterocycles. The smallest absolute Gasteiger partial charge is 0.262 e. The average Bonchev–Trinajstić information content (AvgIpc) is 3.04. The summed E-state index contributed by atoms with van der Waals surface area (Å²) in [4.78, 5) is 24.5. The minimum Gasteiger partial charge on any atom is -0.394 e. The largest absolute Gasteiger partial charge is 0.394 e. The molecule has 0 saturated heterocycles. The fourth-order valence-corrected chi connectivity index (χ4v) is 3.02. The molecular formula is C15H15IN2O3S. The van der Waals surface area contributed by atoms with Crippen LogP contribution in [-0.2, 0) is 11.3 Å². The molecule has 1 aromatic carbocycles. The number of nitrogens with one attached hydrogen (secondary N) is 2. The van der Waals surface area contributed by atoms with Crippen molar-refractivity contribution in [3.63, 3.8) is 0 Å². The third kappa shape index (κ3) is 4.79. The quantitative estimate of drug-likeness (QED) is 0.612. The SMILES string of the molecule is O=C(N[C@@H](CO)C(=O)NCc1cccc(I)c1)c1cccs1. The zero-order valence-electron chi connectivity index (χ0n) is 11.6. The van der Waals surface area contributed by atoms with Gasteiger partial charge in [0.15, 0.2) is 0 Å². The van der Waals surface area contributed by atoms with E-state index in [-0.39, 0.29) is 5.91 Å². The molecule has 22 heavy (non-hydrogen) atoms. The van der Waals surface area contributed by atoms with Crippen molar-refractivity contribution < 1.29 is 14.7 Å². The number of halogens is 1. The number of hydrogen-bond acceptors (Lipinski definition) is 4. The molecule has 0 fully saturated rings. The van der Waals surface area contributed by atoms with E-state index in [0.29, 0.717) is 11.4 Å². The molecule has 0 aliphatic carbocycles. The first-order chi connectivity index (χ1) is 10.6. The molecule has 1 heterocycles. The summed E-state index contributed by atoms with van der Waals surface area (Å²) >= 11 is 3.48. The van der Waals surface area contributed by atoms with Crippen LogP contribution < -0.4 is 10.6 Å². The summed E-state index contributed by atoms with van der Waals surface area (Å²) in [7, 11) is 0. The van der Waals surface area contributed by atoms with Gasteiger partial charge in [-0.15, -0.1) is 11.3 Å². The van der Waals surface area contributed by atoms with E-state index in [9.17, 15) is 14.7 Å². The molecule has 2 aromatic rings. The Morgan fingerprint density at radius 2 is 2.09 bits per heavy atom. The number of aliphatic hydroxyl groups is 1. The van der Waals surface area contributed by atoms with Crippen LogP contribution in [0.2, 0.25) is 0 Å². The van der Waals surface area contributed by atoms with E-state index in [1.165, 1.54) is 11.3 Å². The van der Waals surface area contributed by atoms with Gasteiger partial charge in [0.05, 0.1) is 11.5 Å². The van der Waals surface area contributed by atoms with Gasteiger partial charge in [-0.1, -0.05) is 18.2 Å². The number of thiophene rings is 1. The fraction of sp³-hybridized carbons (Fsp3) is 0.200. The molecule has 0 bridgehead atoms. The molecule has 1 atom stereocenters. The van der Waals surface area contributed by atoms with Crippen LogP contribution in [0.3, 0.4) is 0 Å². The van der Waals surface area contributed by atoms with Crippen molar-refractivity contribution >= 4 is 45.7 Å². The van der Waals surface area contributed by atoms with Gasteiger partial charge in [0, 0.05) is 10.1 Å². The molecule has 2 amide bonds. The van der Waals surface area contributed by atoms with Gasteiger partial charge < -0.3 is 15.7 Å². The summed E-state index contributed by atoms with van der Waals surface area (Å²) < 4.78 is 1.08. The van der Waals surface area contributed by atoms with Crippen molar-refractivity contribution in [2.75, 3.05) is 6.61 Å². The number of aliphatic hydroxyl groups excluding tert-OH is 1. The van der Waals surface area contributed by atoms with E-state index in [4.69, 9.17) is 0 Å². The Morgan fingerprint density at radius 1 is 1.27 bits per heavy atom. The molecule has 0 radical (unpaired) electrons. The predicted octanol–water partition coefficient (Wildman–Crippen LogP) is 1.76. The lowest BCUT2D eigenvalue weighted by Gasteiger charge is -2.15. The molecule has 2 rings (SSSR count). The monoisotopic (exact) mass is 430 g/mol. The number of carbonyl (C=O) groups excluding carboxylic acids is 2. The standard InChI is InChI=1S/C15H15IN2O3S/c16-11-4-1-3-10(7-11)8-17-14(20)12(9-19)18-15(21)13-5-2-6-22-13/h1-7,12,19H,8-9H2,(H,17,20)(H,18,21)/t12-/m0/s1. The van der Waals surface area contributed by atoms with Crippen LogP contribution in [0.25, 0.3) is 0 Å². The summed E-state index contributed by atoms with van der Waals surface area (Å²) in [5.41, 5.74) is 0.960. The minimum absolute atomic E-state index is 0.348. The summed E-state index contributed by atoms with van der Waals surface area (Å²) in [6.45, 7) is -0.101. The van der Waals surface area contributed by atoms with Gasteiger partial charge >= 0.3 is 0 Å². The first kappa shape index (κ1) is 16.9. The Bertz CT molecular complexity index is 646. The first-order valence-electron chi connectivity index (χ1n) is 6.57. The van der Waals surface area contributed by atoms with Crippen molar-refractivity contribution in [2.45, 2.75) is 12.6 Å². The van der Waals surface area contributed by atoms with E-state index >= 15 is 0 Å². The molecule has 1 aromatic heterocycles. The lowest BCUT2D eigenvalue weighted by atomic mass is 10.2. The lowest BCUT2D eigenvalue weighted by Crippen LogP contribution is -2.48. The Hall–Kier alpha value is -1.45. The maximum absolute atomic E-state index is 12.1. The van der Waals surface area contributed by atoms with E-state index in [2.05, 4.69) is 33.2 Å². The van der Waals surface area contributed by atoms with Crippen molar-refractivity contribution in [1.29, 1.82) is 0 Å².